The quantitative estimate of drug-likeness (QED) is 0.838. The van der Waals surface area contributed by atoms with Gasteiger partial charge in [0.25, 0.3) is 0 Å². The van der Waals surface area contributed by atoms with Crippen molar-refractivity contribution in [1.29, 1.82) is 0 Å². The van der Waals surface area contributed by atoms with Gasteiger partial charge in [0.1, 0.15) is 10.7 Å². The molecule has 0 atom stereocenters. The Bertz CT molecular complexity index is 525. The molecule has 0 aliphatic heterocycles. The third-order valence-electron chi connectivity index (χ3n) is 2.71. The Labute approximate surface area is 106 Å². The molecule has 17 heavy (non-hydrogen) atoms. The molecule has 2 rings (SSSR count). The first-order valence-electron chi connectivity index (χ1n) is 5.58. The van der Waals surface area contributed by atoms with Crippen LogP contribution in [0.2, 0.25) is 0 Å². The maximum absolute atomic E-state index is 5.57. The highest BCUT2D eigenvalue weighted by Crippen LogP contribution is 2.24. The first kappa shape index (κ1) is 11.9. The highest BCUT2D eigenvalue weighted by Gasteiger charge is 2.07. The van der Waals surface area contributed by atoms with E-state index in [1.165, 1.54) is 5.56 Å². The van der Waals surface area contributed by atoms with Gasteiger partial charge in [0.05, 0.1) is 0 Å². The summed E-state index contributed by atoms with van der Waals surface area (Å²) in [5, 5.41) is 0. The third kappa shape index (κ3) is 2.56. The van der Waals surface area contributed by atoms with Crippen molar-refractivity contribution in [3.63, 3.8) is 0 Å². The summed E-state index contributed by atoms with van der Waals surface area (Å²) < 4.78 is 5.57. The van der Waals surface area contributed by atoms with Crippen LogP contribution >= 0.6 is 12.2 Å². The molecule has 2 aromatic rings. The molecule has 88 valence electrons. The molecule has 0 radical (unpaired) electrons. The summed E-state index contributed by atoms with van der Waals surface area (Å²) in [5.41, 5.74) is 7.86. The molecular formula is C14H15NOS. The average molecular weight is 245 g/mol. The Morgan fingerprint density at radius 2 is 1.76 bits per heavy atom. The second kappa shape index (κ2) is 4.72. The molecule has 0 bridgehead atoms. The van der Waals surface area contributed by atoms with E-state index in [0.29, 0.717) is 11.7 Å². The van der Waals surface area contributed by atoms with Crippen LogP contribution in [0.1, 0.15) is 31.1 Å². The molecule has 0 aliphatic carbocycles. The number of hydrogen-bond acceptors (Lipinski definition) is 2. The van der Waals surface area contributed by atoms with Crippen molar-refractivity contribution < 1.29 is 4.42 Å². The van der Waals surface area contributed by atoms with Crippen LogP contribution in [0, 0.1) is 0 Å². The zero-order valence-corrected chi connectivity index (χ0v) is 10.8. The van der Waals surface area contributed by atoms with E-state index < -0.39 is 0 Å². The fourth-order valence-corrected chi connectivity index (χ4v) is 1.77. The van der Waals surface area contributed by atoms with E-state index in [1.807, 2.05) is 6.07 Å². The number of benzene rings is 1. The van der Waals surface area contributed by atoms with Gasteiger partial charge in [0.2, 0.25) is 0 Å². The van der Waals surface area contributed by atoms with Crippen LogP contribution in [0.15, 0.2) is 40.8 Å². The van der Waals surface area contributed by atoms with Gasteiger partial charge in [-0.05, 0) is 23.6 Å². The molecule has 1 heterocycles. The lowest BCUT2D eigenvalue weighted by atomic mass is 10.0. The van der Waals surface area contributed by atoms with Gasteiger partial charge in [-0.3, -0.25) is 0 Å². The Morgan fingerprint density at radius 1 is 1.12 bits per heavy atom. The van der Waals surface area contributed by atoms with E-state index in [4.69, 9.17) is 22.4 Å². The van der Waals surface area contributed by atoms with Gasteiger partial charge in [-0.1, -0.05) is 50.3 Å². The number of nitrogens with two attached hydrogens (primary N) is 1. The molecule has 0 aliphatic rings. The largest absolute Gasteiger partial charge is 0.454 e. The van der Waals surface area contributed by atoms with Gasteiger partial charge < -0.3 is 10.2 Å². The smallest absolute Gasteiger partial charge is 0.161 e. The van der Waals surface area contributed by atoms with Crippen molar-refractivity contribution in [2.24, 2.45) is 5.73 Å². The van der Waals surface area contributed by atoms with Crippen molar-refractivity contribution in [2.75, 3.05) is 0 Å². The van der Waals surface area contributed by atoms with Crippen molar-refractivity contribution in [3.8, 4) is 11.3 Å². The molecule has 2 nitrogen and oxygen atoms in total. The molecule has 1 aromatic carbocycles. The average Bonchev–Trinajstić information content (AvgIpc) is 2.78. The topological polar surface area (TPSA) is 39.2 Å². The Hall–Kier alpha value is -1.61. The molecule has 0 saturated heterocycles. The number of thiocarbonyl (C=S) groups is 1. The molecule has 3 heteroatoms. The first-order chi connectivity index (χ1) is 8.08. The Morgan fingerprint density at radius 3 is 2.24 bits per heavy atom. The summed E-state index contributed by atoms with van der Waals surface area (Å²) in [6, 6.07) is 12.0. The van der Waals surface area contributed by atoms with E-state index in [2.05, 4.69) is 38.1 Å². The summed E-state index contributed by atoms with van der Waals surface area (Å²) in [6.45, 7) is 4.35. The number of hydrogen-bond donors (Lipinski definition) is 1. The summed E-state index contributed by atoms with van der Waals surface area (Å²) in [5.74, 6) is 1.89. The zero-order valence-electron chi connectivity index (χ0n) is 9.94. The van der Waals surface area contributed by atoms with Crippen LogP contribution in [-0.4, -0.2) is 4.99 Å². The Kier molecular flexibility index (Phi) is 3.29. The second-order valence-electron chi connectivity index (χ2n) is 4.30. The van der Waals surface area contributed by atoms with Crippen molar-refractivity contribution >= 4 is 17.2 Å². The van der Waals surface area contributed by atoms with Crippen LogP contribution in [0.4, 0.5) is 0 Å². The highest BCUT2D eigenvalue weighted by atomic mass is 32.1. The van der Waals surface area contributed by atoms with E-state index >= 15 is 0 Å². The van der Waals surface area contributed by atoms with Crippen molar-refractivity contribution in [3.05, 3.63) is 47.7 Å². The first-order valence-corrected chi connectivity index (χ1v) is 5.98. The maximum Gasteiger partial charge on any atom is 0.161 e. The summed E-state index contributed by atoms with van der Waals surface area (Å²) in [7, 11) is 0. The highest BCUT2D eigenvalue weighted by molar-refractivity contribution is 7.80. The lowest BCUT2D eigenvalue weighted by Gasteiger charge is -2.05. The molecule has 0 amide bonds. The van der Waals surface area contributed by atoms with E-state index in [0.717, 1.165) is 11.3 Å². The van der Waals surface area contributed by atoms with Gasteiger partial charge in [-0.2, -0.15) is 0 Å². The molecule has 2 N–H and O–H groups in total. The minimum atomic E-state index is 0.287. The summed E-state index contributed by atoms with van der Waals surface area (Å²) in [6.07, 6.45) is 0. The Balaban J connectivity index is 2.30. The fraction of sp³-hybridized carbons (Fsp3) is 0.214. The van der Waals surface area contributed by atoms with Crippen LogP contribution < -0.4 is 5.73 Å². The van der Waals surface area contributed by atoms with E-state index in [1.54, 1.807) is 6.07 Å². The number of rotatable bonds is 3. The maximum atomic E-state index is 5.57. The minimum Gasteiger partial charge on any atom is -0.454 e. The molecular weight excluding hydrogens is 230 g/mol. The molecule has 0 saturated carbocycles. The lowest BCUT2D eigenvalue weighted by molar-refractivity contribution is 0.573. The van der Waals surface area contributed by atoms with Crippen molar-refractivity contribution in [1.82, 2.24) is 0 Å². The van der Waals surface area contributed by atoms with Gasteiger partial charge in [-0.25, -0.2) is 0 Å². The van der Waals surface area contributed by atoms with Crippen molar-refractivity contribution in [2.45, 2.75) is 19.8 Å². The van der Waals surface area contributed by atoms with Gasteiger partial charge in [-0.15, -0.1) is 0 Å². The van der Waals surface area contributed by atoms with Crippen LogP contribution in [0.3, 0.4) is 0 Å². The summed E-state index contributed by atoms with van der Waals surface area (Å²) in [4.78, 5) is 0.287. The van der Waals surface area contributed by atoms with Gasteiger partial charge >= 0.3 is 0 Å². The van der Waals surface area contributed by atoms with E-state index in [-0.39, 0.29) is 4.99 Å². The SMILES string of the molecule is CC(C)c1ccc(-c2ccc(C(N)=S)o2)cc1. The van der Waals surface area contributed by atoms with Crippen LogP contribution in [0.25, 0.3) is 11.3 Å². The standard InChI is InChI=1S/C14H15NOS/c1-9(2)10-3-5-11(6-4-10)12-7-8-13(16-12)14(15)17/h3-9H,1-2H3,(H2,15,17). The second-order valence-corrected chi connectivity index (χ2v) is 4.74. The molecule has 1 aromatic heterocycles. The lowest BCUT2D eigenvalue weighted by Crippen LogP contribution is -2.07. The minimum absolute atomic E-state index is 0.287. The predicted octanol–water partition coefficient (Wildman–Crippen LogP) is 3.70. The zero-order chi connectivity index (χ0) is 12.4. The fourth-order valence-electron chi connectivity index (χ4n) is 1.66. The van der Waals surface area contributed by atoms with Crippen LogP contribution in [0.5, 0.6) is 0 Å². The summed E-state index contributed by atoms with van der Waals surface area (Å²) >= 11 is 4.86. The predicted molar refractivity (Wildman–Crippen MR) is 74.1 cm³/mol. The van der Waals surface area contributed by atoms with Gasteiger partial charge in [0.15, 0.2) is 5.76 Å². The van der Waals surface area contributed by atoms with E-state index in [9.17, 15) is 0 Å². The molecule has 0 fully saturated rings. The third-order valence-corrected chi connectivity index (χ3v) is 2.91. The monoisotopic (exact) mass is 245 g/mol. The molecule has 0 unspecified atom stereocenters. The van der Waals surface area contributed by atoms with Gasteiger partial charge in [0, 0.05) is 5.56 Å². The van der Waals surface area contributed by atoms with Crippen LogP contribution in [-0.2, 0) is 0 Å². The molecule has 0 spiro atoms. The number of furan rings is 1. The normalized spacial score (nSPS) is 10.8.